The van der Waals surface area contributed by atoms with Crippen LogP contribution < -0.4 is 10.0 Å². The van der Waals surface area contributed by atoms with Crippen LogP contribution in [0.3, 0.4) is 0 Å². The van der Waals surface area contributed by atoms with Gasteiger partial charge in [0.15, 0.2) is 6.61 Å². The lowest BCUT2D eigenvalue weighted by Crippen LogP contribution is -2.19. The molecule has 102 valence electrons. The Labute approximate surface area is 102 Å². The first kappa shape index (κ1) is 15.0. The van der Waals surface area contributed by atoms with Crippen molar-refractivity contribution in [2.75, 3.05) is 6.61 Å². The minimum Gasteiger partial charge on any atom is -0.413 e. The van der Waals surface area contributed by atoms with Gasteiger partial charge in [0.2, 0.25) is 0 Å². The van der Waals surface area contributed by atoms with Crippen molar-refractivity contribution in [2.45, 2.75) is 20.0 Å². The molecule has 0 saturated heterocycles. The molecule has 0 aromatic heterocycles. The minimum atomic E-state index is -4.61. The van der Waals surface area contributed by atoms with Crippen LogP contribution >= 0.6 is 7.75 Å². The molecule has 0 fully saturated rings. The van der Waals surface area contributed by atoms with E-state index in [4.69, 9.17) is 10.0 Å². The van der Waals surface area contributed by atoms with Gasteiger partial charge in [-0.25, -0.2) is 10.1 Å². The fourth-order valence-electron chi connectivity index (χ4n) is 1.26. The third-order valence-corrected chi connectivity index (χ3v) is 2.96. The van der Waals surface area contributed by atoms with Crippen LogP contribution in [0.15, 0.2) is 18.2 Å². The molecule has 0 saturated carbocycles. The van der Waals surface area contributed by atoms with E-state index in [1.165, 1.54) is 0 Å². The summed E-state index contributed by atoms with van der Waals surface area (Å²) >= 11 is 0. The van der Waals surface area contributed by atoms with Crippen molar-refractivity contribution >= 4 is 7.75 Å². The van der Waals surface area contributed by atoms with Crippen LogP contribution in [0.5, 0.6) is 5.75 Å². The first-order chi connectivity index (χ1) is 8.11. The Balaban J connectivity index is 2.80. The van der Waals surface area contributed by atoms with E-state index in [-0.39, 0.29) is 5.75 Å². The Morgan fingerprint density at radius 2 is 1.78 bits per heavy atom. The van der Waals surface area contributed by atoms with Crippen molar-refractivity contribution in [2.24, 2.45) is 5.50 Å². The maximum Gasteiger partial charge on any atom is 0.456 e. The molecule has 1 aromatic carbocycles. The quantitative estimate of drug-likeness (QED) is 0.861. The molecule has 2 N–H and O–H groups in total. The molecular weight excluding hydrogens is 270 g/mol. The van der Waals surface area contributed by atoms with E-state index in [1.807, 2.05) is 0 Å². The van der Waals surface area contributed by atoms with Gasteiger partial charge < -0.3 is 4.52 Å². The summed E-state index contributed by atoms with van der Waals surface area (Å²) in [5.41, 5.74) is 6.32. The molecule has 4 nitrogen and oxygen atoms in total. The zero-order valence-electron chi connectivity index (χ0n) is 9.82. The Morgan fingerprint density at radius 1 is 1.28 bits per heavy atom. The van der Waals surface area contributed by atoms with Gasteiger partial charge in [0.25, 0.3) is 0 Å². The number of rotatable bonds is 4. The zero-order chi connectivity index (χ0) is 14.0. The highest BCUT2D eigenvalue weighted by Gasteiger charge is 2.33. The van der Waals surface area contributed by atoms with E-state index in [1.54, 1.807) is 32.0 Å². The number of para-hydroxylation sites is 1. The lowest BCUT2D eigenvalue weighted by molar-refractivity contribution is -0.154. The second-order valence-electron chi connectivity index (χ2n) is 3.74. The van der Waals surface area contributed by atoms with Crippen LogP contribution in [0.1, 0.15) is 11.1 Å². The molecule has 0 aliphatic heterocycles. The third-order valence-electron chi connectivity index (χ3n) is 2.04. The number of hydrogen-bond acceptors (Lipinski definition) is 3. The first-order valence-corrected chi connectivity index (χ1v) is 6.58. The maximum absolute atomic E-state index is 11.9. The molecule has 0 spiro atoms. The van der Waals surface area contributed by atoms with Crippen LogP contribution in [0.2, 0.25) is 0 Å². The van der Waals surface area contributed by atoms with Crippen LogP contribution in [0, 0.1) is 13.8 Å². The molecule has 0 radical (unpaired) electrons. The summed E-state index contributed by atoms with van der Waals surface area (Å²) in [4.78, 5) is 0. The second-order valence-corrected chi connectivity index (χ2v) is 5.26. The SMILES string of the molecule is Cc1cccc(C)c1O[P@](N)(=O)OCC(F)(F)F. The summed E-state index contributed by atoms with van der Waals surface area (Å²) < 4.78 is 56.3. The van der Waals surface area contributed by atoms with Gasteiger partial charge in [-0.3, -0.25) is 4.52 Å². The average molecular weight is 283 g/mol. The number of hydrogen-bond donors (Lipinski definition) is 1. The summed E-state index contributed by atoms with van der Waals surface area (Å²) in [6.07, 6.45) is -4.61. The topological polar surface area (TPSA) is 61.5 Å². The molecule has 0 aliphatic rings. The summed E-state index contributed by atoms with van der Waals surface area (Å²) in [6, 6.07) is 5.05. The number of nitrogens with two attached hydrogens (primary N) is 1. The van der Waals surface area contributed by atoms with Crippen LogP contribution in [-0.2, 0) is 9.09 Å². The molecule has 1 aromatic rings. The highest BCUT2D eigenvalue weighted by Crippen LogP contribution is 2.43. The Bertz CT molecular complexity index is 456. The van der Waals surface area contributed by atoms with Crippen molar-refractivity contribution in [3.63, 3.8) is 0 Å². The van der Waals surface area contributed by atoms with Crippen LogP contribution in [-0.4, -0.2) is 12.8 Å². The lowest BCUT2D eigenvalue weighted by Gasteiger charge is -2.18. The van der Waals surface area contributed by atoms with E-state index >= 15 is 0 Å². The van der Waals surface area contributed by atoms with Crippen LogP contribution in [0.25, 0.3) is 0 Å². The molecule has 0 amide bonds. The van der Waals surface area contributed by atoms with Gasteiger partial charge in [-0.15, -0.1) is 0 Å². The van der Waals surface area contributed by atoms with E-state index in [2.05, 4.69) is 4.52 Å². The minimum absolute atomic E-state index is 0.172. The average Bonchev–Trinajstić information content (AvgIpc) is 2.20. The smallest absolute Gasteiger partial charge is 0.413 e. The molecule has 0 heterocycles. The number of aryl methyl sites for hydroxylation is 2. The predicted molar refractivity (Wildman–Crippen MR) is 60.3 cm³/mol. The molecule has 0 unspecified atom stereocenters. The number of benzene rings is 1. The molecule has 0 aliphatic carbocycles. The fourth-order valence-corrected chi connectivity index (χ4v) is 2.18. The van der Waals surface area contributed by atoms with E-state index in [0.717, 1.165) is 0 Å². The highest BCUT2D eigenvalue weighted by molar-refractivity contribution is 7.51. The third kappa shape index (κ3) is 4.68. The largest absolute Gasteiger partial charge is 0.456 e. The predicted octanol–water partition coefficient (Wildman–Crippen LogP) is 3.33. The first-order valence-electron chi connectivity index (χ1n) is 4.96. The molecular formula is C10H13F3NO3P. The Hall–Kier alpha value is -1.04. The van der Waals surface area contributed by atoms with Gasteiger partial charge in [-0.05, 0) is 25.0 Å². The van der Waals surface area contributed by atoms with Gasteiger partial charge in [0, 0.05) is 0 Å². The zero-order valence-corrected chi connectivity index (χ0v) is 10.7. The van der Waals surface area contributed by atoms with Crippen molar-refractivity contribution in [3.8, 4) is 5.75 Å². The maximum atomic E-state index is 11.9. The van der Waals surface area contributed by atoms with Crippen molar-refractivity contribution in [1.29, 1.82) is 0 Å². The standard InChI is InChI=1S/C10H13F3NO3P/c1-7-4-3-5-8(2)9(7)17-18(14,15)16-6-10(11,12)13/h3-5H,6H2,1-2H3,(H2,14,15)/t18-/m1/s1. The summed E-state index contributed by atoms with van der Waals surface area (Å²) in [6.45, 7) is 1.60. The van der Waals surface area contributed by atoms with E-state index in [9.17, 15) is 17.7 Å². The fraction of sp³-hybridized carbons (Fsp3) is 0.400. The van der Waals surface area contributed by atoms with E-state index in [0.29, 0.717) is 11.1 Å². The lowest BCUT2D eigenvalue weighted by atomic mass is 10.1. The normalized spacial score (nSPS) is 15.2. The molecule has 0 bridgehead atoms. The van der Waals surface area contributed by atoms with Gasteiger partial charge >= 0.3 is 13.9 Å². The van der Waals surface area contributed by atoms with Crippen molar-refractivity contribution in [3.05, 3.63) is 29.3 Å². The van der Waals surface area contributed by atoms with Crippen molar-refractivity contribution in [1.82, 2.24) is 0 Å². The molecule has 8 heteroatoms. The van der Waals surface area contributed by atoms with E-state index < -0.39 is 20.5 Å². The number of alkyl halides is 3. The highest BCUT2D eigenvalue weighted by atomic mass is 31.2. The van der Waals surface area contributed by atoms with Gasteiger partial charge in [-0.2, -0.15) is 13.2 Å². The molecule has 1 rings (SSSR count). The monoisotopic (exact) mass is 283 g/mol. The Morgan fingerprint density at radius 3 is 2.22 bits per heavy atom. The van der Waals surface area contributed by atoms with Crippen LogP contribution in [0.4, 0.5) is 13.2 Å². The Kier molecular flexibility index (Phi) is 4.42. The summed E-state index contributed by atoms with van der Waals surface area (Å²) in [5.74, 6) is 0.172. The second kappa shape index (κ2) is 5.30. The summed E-state index contributed by atoms with van der Waals surface area (Å²) in [7, 11) is -4.28. The van der Waals surface area contributed by atoms with Gasteiger partial charge in [-0.1, -0.05) is 18.2 Å². The summed E-state index contributed by atoms with van der Waals surface area (Å²) in [5, 5.41) is 0. The molecule has 1 atom stereocenters. The number of halogens is 3. The van der Waals surface area contributed by atoms with Gasteiger partial charge in [0.1, 0.15) is 5.75 Å². The van der Waals surface area contributed by atoms with Gasteiger partial charge in [0.05, 0.1) is 0 Å². The van der Waals surface area contributed by atoms with Crippen molar-refractivity contribution < 1.29 is 26.8 Å². The molecule has 18 heavy (non-hydrogen) atoms.